The number of hydrogen-bond acceptors (Lipinski definition) is 6. The maximum atomic E-state index is 14.0. The summed E-state index contributed by atoms with van der Waals surface area (Å²) in [4.78, 5) is 0.228. The molecule has 6 nitrogen and oxygen atoms in total. The van der Waals surface area contributed by atoms with E-state index >= 15 is 0 Å². The molecule has 0 atom stereocenters. The Morgan fingerprint density at radius 3 is 2.40 bits per heavy atom. The van der Waals surface area contributed by atoms with E-state index in [0.717, 1.165) is 11.1 Å². The quantitative estimate of drug-likeness (QED) is 0.585. The van der Waals surface area contributed by atoms with E-state index in [1.165, 1.54) is 47.0 Å². The van der Waals surface area contributed by atoms with Gasteiger partial charge in [-0.1, -0.05) is 11.3 Å². The number of hydrogen-bond donors (Lipinski definition) is 0. The van der Waals surface area contributed by atoms with Crippen molar-refractivity contribution < 1.29 is 21.9 Å². The SMILES string of the molecule is COc1ccc(S(=O)(=O)N2CCC(c3nnc(-c4ccc(F)cc4F)s3)CC2)cc1. The Labute approximate surface area is 177 Å². The summed E-state index contributed by atoms with van der Waals surface area (Å²) < 4.78 is 59.4. The summed E-state index contributed by atoms with van der Waals surface area (Å²) in [5, 5.41) is 9.33. The fraction of sp³-hybridized carbons (Fsp3) is 0.300. The normalized spacial score (nSPS) is 16.0. The highest BCUT2D eigenvalue weighted by Gasteiger charge is 2.31. The van der Waals surface area contributed by atoms with Gasteiger partial charge in [-0.25, -0.2) is 17.2 Å². The Kier molecular flexibility index (Phi) is 5.81. The molecule has 0 spiro atoms. The molecule has 4 rings (SSSR count). The summed E-state index contributed by atoms with van der Waals surface area (Å²) in [7, 11) is -2.05. The summed E-state index contributed by atoms with van der Waals surface area (Å²) in [6.45, 7) is 0.720. The second-order valence-corrected chi connectivity index (χ2v) is 9.87. The molecular formula is C20H19F2N3O3S2. The number of halogens is 2. The predicted molar refractivity (Wildman–Crippen MR) is 109 cm³/mol. The Balaban J connectivity index is 1.45. The number of benzene rings is 2. The van der Waals surface area contributed by atoms with Gasteiger partial charge in [0.25, 0.3) is 0 Å². The van der Waals surface area contributed by atoms with Gasteiger partial charge >= 0.3 is 0 Å². The standard InChI is InChI=1S/C20H19F2N3O3S2/c1-28-15-3-5-16(6-4-15)30(26,27)25-10-8-13(9-11-25)19-23-24-20(29-19)17-7-2-14(21)12-18(17)22/h2-7,12-13H,8-11H2,1H3. The summed E-state index contributed by atoms with van der Waals surface area (Å²) in [6.07, 6.45) is 1.19. The zero-order chi connectivity index (χ0) is 21.3. The number of ether oxygens (including phenoxy) is 1. The first kappa shape index (κ1) is 20.8. The van der Waals surface area contributed by atoms with Crippen molar-refractivity contribution in [3.05, 3.63) is 59.1 Å². The first-order chi connectivity index (χ1) is 14.4. The van der Waals surface area contributed by atoms with Gasteiger partial charge in [-0.3, -0.25) is 0 Å². The van der Waals surface area contributed by atoms with Gasteiger partial charge in [-0.05, 0) is 49.2 Å². The van der Waals surface area contributed by atoms with Gasteiger partial charge in [-0.2, -0.15) is 4.31 Å². The lowest BCUT2D eigenvalue weighted by atomic mass is 9.99. The van der Waals surface area contributed by atoms with Crippen LogP contribution in [-0.4, -0.2) is 43.1 Å². The number of sulfonamides is 1. The van der Waals surface area contributed by atoms with Crippen molar-refractivity contribution in [2.45, 2.75) is 23.7 Å². The molecule has 0 saturated carbocycles. The van der Waals surface area contributed by atoms with Gasteiger partial charge in [0.2, 0.25) is 10.0 Å². The summed E-state index contributed by atoms with van der Waals surface area (Å²) in [6, 6.07) is 9.66. The Morgan fingerprint density at radius 1 is 1.07 bits per heavy atom. The lowest BCUT2D eigenvalue weighted by Gasteiger charge is -2.30. The third-order valence-corrected chi connectivity index (χ3v) is 8.13. The van der Waals surface area contributed by atoms with Crippen molar-refractivity contribution in [3.8, 4) is 16.3 Å². The van der Waals surface area contributed by atoms with E-state index in [0.29, 0.717) is 36.7 Å². The highest BCUT2D eigenvalue weighted by Crippen LogP contribution is 2.35. The van der Waals surface area contributed by atoms with Gasteiger partial charge in [-0.15, -0.1) is 10.2 Å². The number of methoxy groups -OCH3 is 1. The third kappa shape index (κ3) is 4.07. The van der Waals surface area contributed by atoms with Crippen LogP contribution < -0.4 is 4.74 Å². The van der Waals surface area contributed by atoms with Crippen LogP contribution in [0.5, 0.6) is 5.75 Å². The average Bonchev–Trinajstić information content (AvgIpc) is 3.24. The Hall–Kier alpha value is -2.43. The Bertz CT molecular complexity index is 1140. The van der Waals surface area contributed by atoms with Gasteiger partial charge in [0.15, 0.2) is 5.01 Å². The van der Waals surface area contributed by atoms with Gasteiger partial charge in [0.05, 0.1) is 12.0 Å². The van der Waals surface area contributed by atoms with Crippen molar-refractivity contribution in [1.29, 1.82) is 0 Å². The van der Waals surface area contributed by atoms with Crippen LogP contribution >= 0.6 is 11.3 Å². The number of rotatable bonds is 5. The number of piperidine rings is 1. The topological polar surface area (TPSA) is 72.4 Å². The molecule has 2 aromatic carbocycles. The molecule has 10 heteroatoms. The zero-order valence-electron chi connectivity index (χ0n) is 16.1. The molecule has 1 aliphatic rings. The molecule has 158 valence electrons. The molecule has 0 N–H and O–H groups in total. The zero-order valence-corrected chi connectivity index (χ0v) is 17.7. The van der Waals surface area contributed by atoms with Crippen LogP contribution in [0, 0.1) is 11.6 Å². The fourth-order valence-corrected chi connectivity index (χ4v) is 5.92. The van der Waals surface area contributed by atoms with E-state index < -0.39 is 21.7 Å². The van der Waals surface area contributed by atoms with Crippen LogP contribution in [0.1, 0.15) is 23.8 Å². The van der Waals surface area contributed by atoms with Crippen molar-refractivity contribution in [2.24, 2.45) is 0 Å². The lowest BCUT2D eigenvalue weighted by Crippen LogP contribution is -2.37. The molecule has 3 aromatic rings. The van der Waals surface area contributed by atoms with Crippen LogP contribution in [0.15, 0.2) is 47.4 Å². The molecule has 2 heterocycles. The number of nitrogens with zero attached hydrogens (tertiary/aromatic N) is 3. The molecule has 1 aromatic heterocycles. The molecule has 0 unspecified atom stereocenters. The molecule has 0 radical (unpaired) electrons. The third-order valence-electron chi connectivity index (χ3n) is 5.10. The van der Waals surface area contributed by atoms with E-state index in [-0.39, 0.29) is 16.4 Å². The minimum Gasteiger partial charge on any atom is -0.497 e. The van der Waals surface area contributed by atoms with Crippen LogP contribution in [0.4, 0.5) is 8.78 Å². The van der Waals surface area contributed by atoms with E-state index in [1.54, 1.807) is 12.1 Å². The smallest absolute Gasteiger partial charge is 0.243 e. The minimum atomic E-state index is -3.58. The highest BCUT2D eigenvalue weighted by atomic mass is 32.2. The monoisotopic (exact) mass is 451 g/mol. The van der Waals surface area contributed by atoms with Crippen LogP contribution in [-0.2, 0) is 10.0 Å². The molecule has 0 amide bonds. The second kappa shape index (κ2) is 8.37. The van der Waals surface area contributed by atoms with Crippen molar-refractivity contribution in [1.82, 2.24) is 14.5 Å². The van der Waals surface area contributed by atoms with E-state index in [9.17, 15) is 17.2 Å². The Morgan fingerprint density at radius 2 is 1.77 bits per heavy atom. The lowest BCUT2D eigenvalue weighted by molar-refractivity contribution is 0.318. The van der Waals surface area contributed by atoms with Crippen LogP contribution in [0.3, 0.4) is 0 Å². The first-order valence-electron chi connectivity index (χ1n) is 9.31. The van der Waals surface area contributed by atoms with E-state index in [1.807, 2.05) is 0 Å². The minimum absolute atomic E-state index is 0.0436. The molecule has 30 heavy (non-hydrogen) atoms. The van der Waals surface area contributed by atoms with Gasteiger partial charge < -0.3 is 4.74 Å². The predicted octanol–water partition coefficient (Wildman–Crippen LogP) is 4.06. The average molecular weight is 452 g/mol. The molecule has 1 fully saturated rings. The summed E-state index contributed by atoms with van der Waals surface area (Å²) in [5.74, 6) is -0.691. The molecule has 1 aliphatic heterocycles. The van der Waals surface area contributed by atoms with Gasteiger partial charge in [0, 0.05) is 30.6 Å². The summed E-state index contributed by atoms with van der Waals surface area (Å²) in [5.41, 5.74) is 0.208. The van der Waals surface area contributed by atoms with E-state index in [4.69, 9.17) is 4.74 Å². The van der Waals surface area contributed by atoms with E-state index in [2.05, 4.69) is 10.2 Å². The first-order valence-corrected chi connectivity index (χ1v) is 11.6. The molecular weight excluding hydrogens is 432 g/mol. The molecule has 1 saturated heterocycles. The second-order valence-electron chi connectivity index (χ2n) is 6.92. The van der Waals surface area contributed by atoms with Crippen molar-refractivity contribution in [2.75, 3.05) is 20.2 Å². The maximum absolute atomic E-state index is 14.0. The maximum Gasteiger partial charge on any atom is 0.243 e. The highest BCUT2D eigenvalue weighted by molar-refractivity contribution is 7.89. The number of aromatic nitrogens is 2. The van der Waals surface area contributed by atoms with Crippen molar-refractivity contribution >= 4 is 21.4 Å². The molecule has 0 aliphatic carbocycles. The largest absolute Gasteiger partial charge is 0.497 e. The molecule has 0 bridgehead atoms. The summed E-state index contributed by atoms with van der Waals surface area (Å²) >= 11 is 1.26. The van der Waals surface area contributed by atoms with Crippen LogP contribution in [0.25, 0.3) is 10.6 Å². The van der Waals surface area contributed by atoms with Gasteiger partial charge in [0.1, 0.15) is 22.4 Å². The van der Waals surface area contributed by atoms with Crippen LogP contribution in [0.2, 0.25) is 0 Å². The fourth-order valence-electron chi connectivity index (χ4n) is 3.41. The van der Waals surface area contributed by atoms with Crippen molar-refractivity contribution in [3.63, 3.8) is 0 Å².